The molecule has 3 heterocycles. The molecule has 2 aliphatic rings. The molecule has 16 heavy (non-hydrogen) atoms. The fourth-order valence-corrected chi connectivity index (χ4v) is 2.89. The summed E-state index contributed by atoms with van der Waals surface area (Å²) in [5, 5.41) is 0. The lowest BCUT2D eigenvalue weighted by atomic mass is 10.1. The summed E-state index contributed by atoms with van der Waals surface area (Å²) in [6.45, 7) is 3.20. The zero-order valence-corrected chi connectivity index (χ0v) is 10.4. The van der Waals surface area contributed by atoms with Crippen molar-refractivity contribution in [2.45, 2.75) is 19.0 Å². The number of aromatic nitrogens is 1. The van der Waals surface area contributed by atoms with E-state index in [2.05, 4.69) is 20.8 Å². The van der Waals surface area contributed by atoms with Crippen molar-refractivity contribution in [3.8, 4) is 0 Å². The van der Waals surface area contributed by atoms with Crippen LogP contribution in [0.15, 0.2) is 21.4 Å². The molecule has 0 aliphatic carbocycles. The SMILES string of the molecule is O=c1cc(Br)cc2n1CCC1COCCN21. The molecule has 1 fully saturated rings. The molecule has 1 aromatic heterocycles. The zero-order valence-electron chi connectivity index (χ0n) is 8.86. The lowest BCUT2D eigenvalue weighted by Gasteiger charge is -2.42. The molecule has 0 N–H and O–H groups in total. The van der Waals surface area contributed by atoms with Gasteiger partial charge in [0.25, 0.3) is 5.56 Å². The number of rotatable bonds is 0. The van der Waals surface area contributed by atoms with Crippen molar-refractivity contribution >= 4 is 21.7 Å². The van der Waals surface area contributed by atoms with Crippen molar-refractivity contribution in [3.63, 3.8) is 0 Å². The Morgan fingerprint density at radius 2 is 2.25 bits per heavy atom. The van der Waals surface area contributed by atoms with E-state index in [0.29, 0.717) is 6.04 Å². The Morgan fingerprint density at radius 3 is 3.12 bits per heavy atom. The number of ether oxygens (including phenoxy) is 1. The van der Waals surface area contributed by atoms with Gasteiger partial charge in [-0.05, 0) is 12.5 Å². The zero-order chi connectivity index (χ0) is 11.1. The quantitative estimate of drug-likeness (QED) is 0.719. The molecule has 0 bridgehead atoms. The van der Waals surface area contributed by atoms with Crippen LogP contribution < -0.4 is 10.5 Å². The number of pyridine rings is 1. The lowest BCUT2D eigenvalue weighted by molar-refractivity contribution is 0.0850. The Morgan fingerprint density at radius 1 is 1.38 bits per heavy atom. The minimum Gasteiger partial charge on any atom is -0.377 e. The van der Waals surface area contributed by atoms with E-state index in [0.717, 1.165) is 43.0 Å². The minimum absolute atomic E-state index is 0.0781. The first-order valence-electron chi connectivity index (χ1n) is 5.50. The predicted octanol–water partition coefficient (Wildman–Crippen LogP) is 1.22. The highest BCUT2D eigenvalue weighted by molar-refractivity contribution is 9.10. The standard InChI is InChI=1S/C11H13BrN2O2/c12-8-5-10-13-3-4-16-7-9(13)1-2-14(10)11(15)6-8/h5-6,9H,1-4,7H2. The first kappa shape index (κ1) is 10.4. The Bertz CT molecular complexity index is 472. The third-order valence-corrected chi connectivity index (χ3v) is 3.74. The van der Waals surface area contributed by atoms with Crippen LogP contribution in [-0.4, -0.2) is 30.4 Å². The van der Waals surface area contributed by atoms with Crippen molar-refractivity contribution in [2.75, 3.05) is 24.7 Å². The molecule has 0 amide bonds. The van der Waals surface area contributed by atoms with Crippen LogP contribution in [0.2, 0.25) is 0 Å². The van der Waals surface area contributed by atoms with Crippen LogP contribution in [0.4, 0.5) is 5.82 Å². The Labute approximate surface area is 102 Å². The highest BCUT2D eigenvalue weighted by Crippen LogP contribution is 2.27. The molecule has 1 aromatic rings. The Hall–Kier alpha value is -0.810. The van der Waals surface area contributed by atoms with E-state index >= 15 is 0 Å². The van der Waals surface area contributed by atoms with Gasteiger partial charge in [0.2, 0.25) is 0 Å². The van der Waals surface area contributed by atoms with Crippen LogP contribution in [0.1, 0.15) is 6.42 Å². The van der Waals surface area contributed by atoms with Gasteiger partial charge in [-0.3, -0.25) is 9.36 Å². The molecular weight excluding hydrogens is 272 g/mol. The first-order valence-corrected chi connectivity index (χ1v) is 6.30. The van der Waals surface area contributed by atoms with Crippen LogP contribution in [0.5, 0.6) is 0 Å². The summed E-state index contributed by atoms with van der Waals surface area (Å²) in [5.74, 6) is 1.03. The highest BCUT2D eigenvalue weighted by Gasteiger charge is 2.29. The second-order valence-electron chi connectivity index (χ2n) is 4.23. The van der Waals surface area contributed by atoms with E-state index in [1.165, 1.54) is 0 Å². The number of nitrogens with zero attached hydrogens (tertiary/aromatic N) is 2. The molecule has 0 radical (unpaired) electrons. The third-order valence-electron chi connectivity index (χ3n) is 3.28. The monoisotopic (exact) mass is 284 g/mol. The van der Waals surface area contributed by atoms with E-state index in [1.54, 1.807) is 6.07 Å². The van der Waals surface area contributed by atoms with Gasteiger partial charge in [0, 0.05) is 23.6 Å². The summed E-state index contributed by atoms with van der Waals surface area (Å²) in [4.78, 5) is 14.1. The summed E-state index contributed by atoms with van der Waals surface area (Å²) in [6, 6.07) is 4.09. The van der Waals surface area contributed by atoms with Gasteiger partial charge in [0.05, 0.1) is 19.3 Å². The van der Waals surface area contributed by atoms with Crippen LogP contribution >= 0.6 is 15.9 Å². The van der Waals surface area contributed by atoms with Crippen molar-refractivity contribution < 1.29 is 4.74 Å². The average Bonchev–Trinajstić information content (AvgIpc) is 2.28. The first-order chi connectivity index (χ1) is 7.75. The van der Waals surface area contributed by atoms with Gasteiger partial charge in [-0.1, -0.05) is 15.9 Å². The van der Waals surface area contributed by atoms with E-state index in [9.17, 15) is 4.79 Å². The number of halogens is 1. The largest absolute Gasteiger partial charge is 0.377 e. The maximum absolute atomic E-state index is 11.8. The molecule has 0 spiro atoms. The second-order valence-corrected chi connectivity index (χ2v) is 5.15. The molecule has 1 saturated heterocycles. The van der Waals surface area contributed by atoms with Crippen molar-refractivity contribution in [2.24, 2.45) is 0 Å². The molecule has 3 rings (SSSR count). The van der Waals surface area contributed by atoms with Crippen LogP contribution in [0.25, 0.3) is 0 Å². The number of morpholine rings is 1. The summed E-state index contributed by atoms with van der Waals surface area (Å²) in [6.07, 6.45) is 0.995. The maximum atomic E-state index is 11.8. The third kappa shape index (κ3) is 1.58. The van der Waals surface area contributed by atoms with E-state index in [-0.39, 0.29) is 5.56 Å². The fraction of sp³-hybridized carbons (Fsp3) is 0.545. The summed E-state index contributed by atoms with van der Waals surface area (Å²) < 4.78 is 8.18. The lowest BCUT2D eigenvalue weighted by Crippen LogP contribution is -2.51. The van der Waals surface area contributed by atoms with Crippen molar-refractivity contribution in [1.29, 1.82) is 0 Å². The summed E-state index contributed by atoms with van der Waals surface area (Å²) >= 11 is 3.39. The van der Waals surface area contributed by atoms with Gasteiger partial charge in [-0.2, -0.15) is 0 Å². The Balaban J connectivity index is 2.10. The topological polar surface area (TPSA) is 34.5 Å². The van der Waals surface area contributed by atoms with Gasteiger partial charge in [-0.15, -0.1) is 0 Å². The van der Waals surface area contributed by atoms with Crippen molar-refractivity contribution in [3.05, 3.63) is 27.0 Å². The molecule has 1 atom stereocenters. The molecular formula is C11H13BrN2O2. The molecule has 1 unspecified atom stereocenters. The van der Waals surface area contributed by atoms with Gasteiger partial charge in [-0.25, -0.2) is 0 Å². The predicted molar refractivity (Wildman–Crippen MR) is 65.0 cm³/mol. The molecule has 5 heteroatoms. The van der Waals surface area contributed by atoms with E-state index in [1.807, 2.05) is 10.6 Å². The van der Waals surface area contributed by atoms with Crippen LogP contribution in [-0.2, 0) is 11.3 Å². The molecule has 0 saturated carbocycles. The fourth-order valence-electron chi connectivity index (χ4n) is 2.49. The van der Waals surface area contributed by atoms with Crippen LogP contribution in [0.3, 0.4) is 0 Å². The molecule has 4 nitrogen and oxygen atoms in total. The second kappa shape index (κ2) is 3.89. The van der Waals surface area contributed by atoms with Crippen molar-refractivity contribution in [1.82, 2.24) is 4.57 Å². The molecule has 2 aliphatic heterocycles. The summed E-state index contributed by atoms with van der Waals surface area (Å²) in [7, 11) is 0. The van der Waals surface area contributed by atoms with Gasteiger partial charge < -0.3 is 9.64 Å². The van der Waals surface area contributed by atoms with Gasteiger partial charge in [0.1, 0.15) is 5.82 Å². The normalized spacial score (nSPS) is 23.8. The number of fused-ring (bicyclic) bond motifs is 3. The maximum Gasteiger partial charge on any atom is 0.253 e. The smallest absolute Gasteiger partial charge is 0.253 e. The van der Waals surface area contributed by atoms with Gasteiger partial charge in [0.15, 0.2) is 0 Å². The minimum atomic E-state index is 0.0781. The van der Waals surface area contributed by atoms with E-state index < -0.39 is 0 Å². The molecule has 86 valence electrons. The highest BCUT2D eigenvalue weighted by atomic mass is 79.9. The van der Waals surface area contributed by atoms with Crippen LogP contribution in [0, 0.1) is 0 Å². The van der Waals surface area contributed by atoms with Gasteiger partial charge >= 0.3 is 0 Å². The summed E-state index contributed by atoms with van der Waals surface area (Å²) in [5.41, 5.74) is 0.0781. The Kier molecular flexibility index (Phi) is 2.52. The molecule has 0 aromatic carbocycles. The number of hydrogen-bond acceptors (Lipinski definition) is 3. The number of anilines is 1. The average molecular weight is 285 g/mol. The number of hydrogen-bond donors (Lipinski definition) is 0. The van der Waals surface area contributed by atoms with E-state index in [4.69, 9.17) is 4.74 Å².